The number of aromatic nitrogens is 4. The molecule has 1 fully saturated rings. The minimum absolute atomic E-state index is 0.203. The van der Waals surface area contributed by atoms with Crippen LogP contribution >= 0.6 is 11.8 Å². The van der Waals surface area contributed by atoms with Crippen LogP contribution in [0.4, 0.5) is 4.39 Å². The molecule has 1 aromatic heterocycles. The van der Waals surface area contributed by atoms with Crippen LogP contribution < -0.4 is 0 Å². The Balaban J connectivity index is 1.86. The number of aliphatic hydroxyl groups excluding tert-OH is 1. The summed E-state index contributed by atoms with van der Waals surface area (Å²) < 4.78 is 15.0. The van der Waals surface area contributed by atoms with Crippen LogP contribution in [0.1, 0.15) is 37.3 Å². The monoisotopic (exact) mass is 294 g/mol. The van der Waals surface area contributed by atoms with E-state index in [-0.39, 0.29) is 12.4 Å². The molecule has 1 saturated carbocycles. The molecule has 0 spiro atoms. The maximum atomic E-state index is 13.2. The Morgan fingerprint density at radius 2 is 2.15 bits per heavy atom. The van der Waals surface area contributed by atoms with Crippen molar-refractivity contribution in [1.29, 1.82) is 0 Å². The van der Waals surface area contributed by atoms with E-state index in [9.17, 15) is 9.50 Å². The molecule has 0 bridgehead atoms. The second-order valence-electron chi connectivity index (χ2n) is 4.86. The van der Waals surface area contributed by atoms with Crippen molar-refractivity contribution in [1.82, 2.24) is 20.2 Å². The predicted octanol–water partition coefficient (Wildman–Crippen LogP) is 2.57. The van der Waals surface area contributed by atoms with Gasteiger partial charge >= 0.3 is 0 Å². The van der Waals surface area contributed by atoms with Gasteiger partial charge in [-0.3, -0.25) is 0 Å². The smallest absolute Gasteiger partial charge is 0.214 e. The molecule has 1 heterocycles. The highest BCUT2D eigenvalue weighted by Crippen LogP contribution is 2.35. The maximum Gasteiger partial charge on any atom is 0.214 e. The second kappa shape index (κ2) is 5.88. The van der Waals surface area contributed by atoms with E-state index in [2.05, 4.69) is 15.5 Å². The van der Waals surface area contributed by atoms with Crippen LogP contribution in [0, 0.1) is 5.82 Å². The summed E-state index contributed by atoms with van der Waals surface area (Å²) >= 11 is 1.37. The molecule has 1 N–H and O–H groups in total. The zero-order valence-electron chi connectivity index (χ0n) is 10.9. The Bertz CT molecular complexity index is 598. The first-order valence-electron chi connectivity index (χ1n) is 6.63. The third-order valence-corrected chi connectivity index (χ3v) is 4.60. The van der Waals surface area contributed by atoms with E-state index in [0.29, 0.717) is 16.8 Å². The first kappa shape index (κ1) is 13.5. The van der Waals surface area contributed by atoms with Gasteiger partial charge in [-0.2, -0.15) is 0 Å². The molecule has 1 aliphatic rings. The van der Waals surface area contributed by atoms with Gasteiger partial charge < -0.3 is 5.11 Å². The fourth-order valence-corrected chi connectivity index (χ4v) is 3.44. The molecular weight excluding hydrogens is 279 g/mol. The van der Waals surface area contributed by atoms with Crippen LogP contribution in [0.25, 0.3) is 0 Å². The third kappa shape index (κ3) is 2.69. The highest BCUT2D eigenvalue weighted by Gasteiger charge is 2.22. The number of nitrogens with zero attached hydrogens (tertiary/aromatic N) is 4. The van der Waals surface area contributed by atoms with Gasteiger partial charge in [0.1, 0.15) is 5.82 Å². The maximum absolute atomic E-state index is 13.2. The molecule has 3 rings (SSSR count). The molecule has 106 valence electrons. The summed E-state index contributed by atoms with van der Waals surface area (Å²) in [7, 11) is 0. The Kier molecular flexibility index (Phi) is 3.98. The van der Waals surface area contributed by atoms with Gasteiger partial charge in [0.25, 0.3) is 0 Å². The van der Waals surface area contributed by atoms with Gasteiger partial charge in [0.05, 0.1) is 12.6 Å². The SMILES string of the molecule is OCc1cc(F)ccc1Sc1nnnn1C1CCCC1. The van der Waals surface area contributed by atoms with Crippen LogP contribution in [0.5, 0.6) is 0 Å². The van der Waals surface area contributed by atoms with E-state index in [4.69, 9.17) is 0 Å². The van der Waals surface area contributed by atoms with Crippen molar-refractivity contribution in [2.45, 2.75) is 48.4 Å². The largest absolute Gasteiger partial charge is 0.392 e. The van der Waals surface area contributed by atoms with E-state index >= 15 is 0 Å². The van der Waals surface area contributed by atoms with Gasteiger partial charge in [0, 0.05) is 4.90 Å². The Labute approximate surface area is 120 Å². The van der Waals surface area contributed by atoms with Crippen LogP contribution in [-0.2, 0) is 6.61 Å². The predicted molar refractivity (Wildman–Crippen MR) is 71.8 cm³/mol. The van der Waals surface area contributed by atoms with Crippen LogP contribution in [0.3, 0.4) is 0 Å². The number of hydrogen-bond acceptors (Lipinski definition) is 5. The highest BCUT2D eigenvalue weighted by molar-refractivity contribution is 7.99. The summed E-state index contributed by atoms with van der Waals surface area (Å²) in [6, 6.07) is 4.72. The molecule has 0 amide bonds. The average molecular weight is 294 g/mol. The fraction of sp³-hybridized carbons (Fsp3) is 0.462. The summed E-state index contributed by atoms with van der Waals surface area (Å²) in [5.41, 5.74) is 0.552. The van der Waals surface area contributed by atoms with Gasteiger partial charge in [-0.15, -0.1) is 5.10 Å². The Morgan fingerprint density at radius 3 is 2.90 bits per heavy atom. The van der Waals surface area contributed by atoms with Crippen molar-refractivity contribution in [3.63, 3.8) is 0 Å². The number of aliphatic hydroxyl groups is 1. The van der Waals surface area contributed by atoms with Crippen molar-refractivity contribution in [3.8, 4) is 0 Å². The number of hydrogen-bond donors (Lipinski definition) is 1. The van der Waals surface area contributed by atoms with Gasteiger partial charge in [-0.1, -0.05) is 12.8 Å². The molecule has 1 aromatic carbocycles. The summed E-state index contributed by atoms with van der Waals surface area (Å²) in [6.07, 6.45) is 4.59. The molecule has 1 aliphatic carbocycles. The van der Waals surface area contributed by atoms with Crippen LogP contribution in [0.2, 0.25) is 0 Å². The second-order valence-corrected chi connectivity index (χ2v) is 5.87. The molecule has 20 heavy (non-hydrogen) atoms. The summed E-state index contributed by atoms with van der Waals surface area (Å²) in [6.45, 7) is -0.203. The number of rotatable bonds is 4. The molecule has 0 atom stereocenters. The lowest BCUT2D eigenvalue weighted by Crippen LogP contribution is -2.08. The van der Waals surface area contributed by atoms with Gasteiger partial charge in [0.2, 0.25) is 5.16 Å². The third-order valence-electron chi connectivity index (χ3n) is 3.53. The normalized spacial score (nSPS) is 15.9. The van der Waals surface area contributed by atoms with Gasteiger partial charge in [-0.05, 0) is 58.8 Å². The lowest BCUT2D eigenvalue weighted by atomic mass is 10.2. The molecule has 0 radical (unpaired) electrons. The minimum Gasteiger partial charge on any atom is -0.392 e. The van der Waals surface area contributed by atoms with Crippen LogP contribution in [-0.4, -0.2) is 25.3 Å². The van der Waals surface area contributed by atoms with E-state index in [1.165, 1.54) is 36.7 Å². The Hall–Kier alpha value is -1.47. The molecular formula is C13H15FN4OS. The zero-order chi connectivity index (χ0) is 13.9. The molecule has 5 nitrogen and oxygen atoms in total. The average Bonchev–Trinajstić information content (AvgIpc) is 3.11. The topological polar surface area (TPSA) is 63.8 Å². The summed E-state index contributed by atoms with van der Waals surface area (Å²) in [5, 5.41) is 21.9. The fourth-order valence-electron chi connectivity index (χ4n) is 2.50. The van der Waals surface area contributed by atoms with Gasteiger partial charge in [0.15, 0.2) is 0 Å². The van der Waals surface area contributed by atoms with Gasteiger partial charge in [-0.25, -0.2) is 9.07 Å². The lowest BCUT2D eigenvalue weighted by Gasteiger charge is -2.11. The minimum atomic E-state index is -0.353. The van der Waals surface area contributed by atoms with Crippen molar-refractivity contribution in [3.05, 3.63) is 29.6 Å². The molecule has 7 heteroatoms. The first-order chi connectivity index (χ1) is 9.78. The summed E-state index contributed by atoms with van der Waals surface area (Å²) in [5.74, 6) is -0.353. The van der Waals surface area contributed by atoms with Crippen molar-refractivity contribution in [2.75, 3.05) is 0 Å². The van der Waals surface area contributed by atoms with E-state index in [1.54, 1.807) is 6.07 Å². The Morgan fingerprint density at radius 1 is 1.35 bits per heavy atom. The molecule has 0 saturated heterocycles. The van der Waals surface area contributed by atoms with E-state index in [0.717, 1.165) is 17.7 Å². The molecule has 0 unspecified atom stereocenters. The lowest BCUT2D eigenvalue weighted by molar-refractivity contribution is 0.278. The quantitative estimate of drug-likeness (QED) is 0.939. The van der Waals surface area contributed by atoms with Crippen LogP contribution in [0.15, 0.2) is 28.3 Å². The summed E-state index contributed by atoms with van der Waals surface area (Å²) in [4.78, 5) is 0.781. The molecule has 2 aromatic rings. The van der Waals surface area contributed by atoms with E-state index in [1.807, 2.05) is 4.68 Å². The van der Waals surface area contributed by atoms with Crippen molar-refractivity contribution in [2.24, 2.45) is 0 Å². The van der Waals surface area contributed by atoms with Crippen molar-refractivity contribution >= 4 is 11.8 Å². The van der Waals surface area contributed by atoms with E-state index < -0.39 is 0 Å². The zero-order valence-corrected chi connectivity index (χ0v) is 11.7. The first-order valence-corrected chi connectivity index (χ1v) is 7.44. The highest BCUT2D eigenvalue weighted by atomic mass is 32.2. The van der Waals surface area contributed by atoms with Crippen molar-refractivity contribution < 1.29 is 9.50 Å². The number of tetrazole rings is 1. The standard InChI is InChI=1S/C13H15FN4OS/c14-10-5-6-12(9(7-10)8-19)20-13-15-16-17-18(13)11-3-1-2-4-11/h5-7,11,19H,1-4,8H2. The molecule has 0 aliphatic heterocycles. The number of halogens is 1. The number of benzene rings is 1.